The van der Waals surface area contributed by atoms with E-state index in [4.69, 9.17) is 27.9 Å². The molecule has 202 valence electrons. The first-order chi connectivity index (χ1) is 18.3. The van der Waals surface area contributed by atoms with Crippen LogP contribution in [0.15, 0.2) is 24.3 Å². The van der Waals surface area contributed by atoms with Crippen molar-refractivity contribution in [3.8, 4) is 0 Å². The van der Waals surface area contributed by atoms with E-state index in [0.29, 0.717) is 33.6 Å². The second-order valence-corrected chi connectivity index (χ2v) is 12.3. The Balaban J connectivity index is 1.10. The number of carbonyl (C=O) groups excluding carboxylic acids is 1. The van der Waals surface area contributed by atoms with E-state index in [1.807, 2.05) is 36.7 Å². The highest BCUT2D eigenvalue weighted by atomic mass is 35.5. The van der Waals surface area contributed by atoms with Crippen LogP contribution in [0, 0.1) is 17.3 Å². The van der Waals surface area contributed by atoms with Crippen molar-refractivity contribution in [2.75, 3.05) is 38.2 Å². The molecule has 6 rings (SSSR count). The zero-order chi connectivity index (χ0) is 26.6. The second kappa shape index (κ2) is 9.92. The zero-order valence-electron chi connectivity index (χ0n) is 22.0. The summed E-state index contributed by atoms with van der Waals surface area (Å²) in [4.78, 5) is 17.0. The summed E-state index contributed by atoms with van der Waals surface area (Å²) in [6, 6.07) is 7.90. The molecule has 2 aromatic heterocycles. The third-order valence-corrected chi connectivity index (χ3v) is 9.52. The molecular weight excluding hydrogens is 525 g/mol. The van der Waals surface area contributed by atoms with Crippen LogP contribution in [0.3, 0.4) is 0 Å². The molecule has 11 heteroatoms. The first-order valence-electron chi connectivity index (χ1n) is 13.4. The average Bonchev–Trinajstić information content (AvgIpc) is 3.28. The Morgan fingerprint density at radius 1 is 1.11 bits per heavy atom. The summed E-state index contributed by atoms with van der Waals surface area (Å²) >= 11 is 12.6. The lowest BCUT2D eigenvalue weighted by Gasteiger charge is -2.52. The predicted octanol–water partition coefficient (Wildman–Crippen LogP) is 4.63. The van der Waals surface area contributed by atoms with Gasteiger partial charge in [0.1, 0.15) is 5.52 Å². The highest BCUT2D eigenvalue weighted by Gasteiger charge is 2.50. The van der Waals surface area contributed by atoms with Gasteiger partial charge in [-0.3, -0.25) is 4.79 Å². The smallest absolute Gasteiger partial charge is 0.311 e. The standard InChI is InChI=1S/C27H33Cl2N7O2/c1-16(21-7-6-19(28)9-22(21)29)36-23-10-24(30-31-25(23)32-33-36)35-14-18(15-35)17-5-4-8-34(13-17)20-11-27(2,12-20)26(37)38-3/h6-7,9-10,16-18,20H,4-5,8,11-15H2,1-3H3/t16-,17+,20?,27?/m1/s1. The molecule has 0 bridgehead atoms. The number of rotatable bonds is 6. The van der Waals surface area contributed by atoms with E-state index >= 15 is 0 Å². The quantitative estimate of drug-likeness (QED) is 0.405. The summed E-state index contributed by atoms with van der Waals surface area (Å²) in [7, 11) is 1.49. The molecule has 2 aliphatic heterocycles. The summed E-state index contributed by atoms with van der Waals surface area (Å²) < 4.78 is 6.86. The lowest BCUT2D eigenvalue weighted by atomic mass is 9.65. The molecule has 9 nitrogen and oxygen atoms in total. The Hall–Kier alpha value is -2.49. The van der Waals surface area contributed by atoms with Crippen LogP contribution in [-0.2, 0) is 9.53 Å². The van der Waals surface area contributed by atoms with Crippen molar-refractivity contribution in [3.05, 3.63) is 39.9 Å². The summed E-state index contributed by atoms with van der Waals surface area (Å²) in [6.45, 7) is 8.26. The van der Waals surface area contributed by atoms with Gasteiger partial charge >= 0.3 is 5.97 Å². The van der Waals surface area contributed by atoms with Gasteiger partial charge in [-0.15, -0.1) is 15.3 Å². The maximum Gasteiger partial charge on any atom is 0.311 e. The van der Waals surface area contributed by atoms with Crippen molar-refractivity contribution in [2.45, 2.75) is 51.6 Å². The molecule has 4 heterocycles. The van der Waals surface area contributed by atoms with Gasteiger partial charge in [0.2, 0.25) is 5.65 Å². The van der Waals surface area contributed by atoms with Gasteiger partial charge in [0.05, 0.1) is 18.6 Å². The van der Waals surface area contributed by atoms with Crippen LogP contribution in [0.4, 0.5) is 5.82 Å². The van der Waals surface area contributed by atoms with Gasteiger partial charge in [-0.05, 0) is 75.6 Å². The molecule has 0 amide bonds. The summed E-state index contributed by atoms with van der Waals surface area (Å²) in [5, 5.41) is 18.6. The molecule has 0 spiro atoms. The van der Waals surface area contributed by atoms with Crippen LogP contribution in [0.5, 0.6) is 0 Å². The van der Waals surface area contributed by atoms with Crippen molar-refractivity contribution in [2.24, 2.45) is 17.3 Å². The van der Waals surface area contributed by atoms with Gasteiger partial charge in [0.25, 0.3) is 0 Å². The number of fused-ring (bicyclic) bond motifs is 1. The fourth-order valence-corrected chi connectivity index (χ4v) is 7.13. The molecule has 0 radical (unpaired) electrons. The van der Waals surface area contributed by atoms with Gasteiger partial charge in [0, 0.05) is 41.8 Å². The number of hydrogen-bond acceptors (Lipinski definition) is 8. The number of nitrogens with zero attached hydrogens (tertiary/aromatic N) is 7. The second-order valence-electron chi connectivity index (χ2n) is 11.5. The van der Waals surface area contributed by atoms with Gasteiger partial charge < -0.3 is 14.5 Å². The zero-order valence-corrected chi connectivity index (χ0v) is 23.5. The number of benzene rings is 1. The van der Waals surface area contributed by atoms with Crippen LogP contribution in [0.1, 0.15) is 51.1 Å². The van der Waals surface area contributed by atoms with Crippen LogP contribution in [0.2, 0.25) is 10.0 Å². The lowest BCUT2D eigenvalue weighted by molar-refractivity contribution is -0.162. The minimum atomic E-state index is -0.311. The van der Waals surface area contributed by atoms with Crippen molar-refractivity contribution in [1.29, 1.82) is 0 Å². The normalized spacial score (nSPS) is 27.1. The van der Waals surface area contributed by atoms with Crippen LogP contribution >= 0.6 is 23.2 Å². The van der Waals surface area contributed by atoms with Crippen molar-refractivity contribution in [1.82, 2.24) is 30.1 Å². The number of carbonyl (C=O) groups is 1. The first-order valence-corrected chi connectivity index (χ1v) is 14.1. The number of aromatic nitrogens is 5. The Labute approximate surface area is 232 Å². The van der Waals surface area contributed by atoms with Crippen LogP contribution in [0.25, 0.3) is 11.2 Å². The monoisotopic (exact) mass is 557 g/mol. The lowest BCUT2D eigenvalue weighted by Crippen LogP contribution is -2.58. The van der Waals surface area contributed by atoms with E-state index < -0.39 is 0 Å². The highest BCUT2D eigenvalue weighted by Crippen LogP contribution is 2.46. The van der Waals surface area contributed by atoms with E-state index in [9.17, 15) is 4.79 Å². The number of piperidine rings is 1. The molecule has 1 aromatic carbocycles. The molecule has 0 unspecified atom stereocenters. The maximum atomic E-state index is 12.1. The fourth-order valence-electron chi connectivity index (χ4n) is 6.56. The predicted molar refractivity (Wildman–Crippen MR) is 147 cm³/mol. The summed E-state index contributed by atoms with van der Waals surface area (Å²) in [6.07, 6.45) is 4.28. The molecular formula is C27H33Cl2N7O2. The Morgan fingerprint density at radius 3 is 2.63 bits per heavy atom. The van der Waals surface area contributed by atoms with E-state index in [0.717, 1.165) is 55.9 Å². The van der Waals surface area contributed by atoms with Crippen molar-refractivity contribution in [3.63, 3.8) is 0 Å². The van der Waals surface area contributed by atoms with E-state index in [1.54, 1.807) is 6.07 Å². The molecule has 2 saturated heterocycles. The van der Waals surface area contributed by atoms with E-state index in [1.165, 1.54) is 20.0 Å². The van der Waals surface area contributed by atoms with Crippen molar-refractivity contribution >= 4 is 46.2 Å². The minimum absolute atomic E-state index is 0.0720. The molecule has 3 aromatic rings. The summed E-state index contributed by atoms with van der Waals surface area (Å²) in [5.74, 6) is 2.09. The first kappa shape index (κ1) is 25.8. The largest absolute Gasteiger partial charge is 0.469 e. The molecule has 3 aliphatic rings. The van der Waals surface area contributed by atoms with Crippen LogP contribution in [-0.4, -0.2) is 75.4 Å². The number of esters is 1. The molecule has 0 N–H and O–H groups in total. The molecule has 1 saturated carbocycles. The van der Waals surface area contributed by atoms with E-state index in [2.05, 4.69) is 30.3 Å². The average molecular weight is 559 g/mol. The topological polar surface area (TPSA) is 89.3 Å². The summed E-state index contributed by atoms with van der Waals surface area (Å²) in [5.41, 5.74) is 1.96. The number of anilines is 1. The number of likely N-dealkylation sites (tertiary alicyclic amines) is 1. The van der Waals surface area contributed by atoms with Gasteiger partial charge in [-0.2, -0.15) is 0 Å². The van der Waals surface area contributed by atoms with Crippen molar-refractivity contribution < 1.29 is 9.53 Å². The minimum Gasteiger partial charge on any atom is -0.469 e. The van der Waals surface area contributed by atoms with Gasteiger partial charge in [-0.25, -0.2) is 4.68 Å². The number of methoxy groups -OCH3 is 1. The Morgan fingerprint density at radius 2 is 1.89 bits per heavy atom. The van der Waals surface area contributed by atoms with Gasteiger partial charge in [0.15, 0.2) is 5.82 Å². The Bertz CT molecular complexity index is 1350. The molecule has 38 heavy (non-hydrogen) atoms. The highest BCUT2D eigenvalue weighted by molar-refractivity contribution is 6.35. The Kier molecular flexibility index (Phi) is 6.73. The SMILES string of the molecule is COC(=O)C1(C)CC(N2CCC[C@H](C3CN(c4cc5c(nn4)nnn5[C@H](C)c4ccc(Cl)cc4Cl)C3)C2)C1. The molecule has 3 fully saturated rings. The van der Waals surface area contributed by atoms with Crippen LogP contribution < -0.4 is 4.90 Å². The molecule has 2 atom stereocenters. The van der Waals surface area contributed by atoms with E-state index in [-0.39, 0.29) is 17.4 Å². The van der Waals surface area contributed by atoms with Gasteiger partial charge in [-0.1, -0.05) is 34.5 Å². The maximum absolute atomic E-state index is 12.1. The number of ether oxygens (including phenoxy) is 1. The number of halogens is 2. The third-order valence-electron chi connectivity index (χ3n) is 8.96. The molecule has 1 aliphatic carbocycles. The fraction of sp³-hybridized carbons (Fsp3) is 0.593. The number of hydrogen-bond donors (Lipinski definition) is 0. The third kappa shape index (κ3) is 4.52.